The van der Waals surface area contributed by atoms with E-state index in [1.165, 1.54) is 30.2 Å². The highest BCUT2D eigenvalue weighted by Gasteiger charge is 2.41. The number of aryl methyl sites for hydroxylation is 1. The second-order valence-electron chi connectivity index (χ2n) is 6.72. The molecule has 1 unspecified atom stereocenters. The summed E-state index contributed by atoms with van der Waals surface area (Å²) in [5.74, 6) is -2.00. The third kappa shape index (κ3) is 3.26. The maximum Gasteiger partial charge on any atom is 0.453 e. The zero-order valence-electron chi connectivity index (χ0n) is 15.5. The van der Waals surface area contributed by atoms with Gasteiger partial charge in [-0.25, -0.2) is 18.7 Å². The summed E-state index contributed by atoms with van der Waals surface area (Å²) >= 11 is 0. The molecule has 0 N–H and O–H groups in total. The molecule has 1 aliphatic heterocycles. The lowest BCUT2D eigenvalue weighted by Gasteiger charge is -2.17. The molecule has 29 heavy (non-hydrogen) atoms. The van der Waals surface area contributed by atoms with Gasteiger partial charge in [0, 0.05) is 6.54 Å². The molecular formula is C18H16F4N6O. The van der Waals surface area contributed by atoms with Crippen molar-refractivity contribution in [1.82, 2.24) is 24.5 Å². The van der Waals surface area contributed by atoms with Crippen LogP contribution in [0.15, 0.2) is 30.5 Å². The zero-order valence-corrected chi connectivity index (χ0v) is 15.5. The van der Waals surface area contributed by atoms with E-state index in [1.54, 1.807) is 23.7 Å². The van der Waals surface area contributed by atoms with Crippen LogP contribution in [0.2, 0.25) is 0 Å². The molecule has 11 heteroatoms. The van der Waals surface area contributed by atoms with Crippen LogP contribution in [-0.4, -0.2) is 37.0 Å². The van der Waals surface area contributed by atoms with Crippen LogP contribution >= 0.6 is 0 Å². The Balaban J connectivity index is 1.62. The van der Waals surface area contributed by atoms with Crippen LogP contribution in [0.3, 0.4) is 0 Å². The number of carbonyl (C=O) groups is 1. The number of benzene rings is 1. The number of hydrogen-bond donors (Lipinski definition) is 0. The topological polar surface area (TPSA) is 68.8 Å². The maximum absolute atomic E-state index is 13.2. The van der Waals surface area contributed by atoms with Crippen LogP contribution in [-0.2, 0) is 11.0 Å². The number of carbonyl (C=O) groups excluding carboxylic acids is 1. The van der Waals surface area contributed by atoms with Crippen molar-refractivity contribution in [2.45, 2.75) is 32.5 Å². The summed E-state index contributed by atoms with van der Waals surface area (Å²) in [5, 5.41) is 7.76. The summed E-state index contributed by atoms with van der Waals surface area (Å²) in [7, 11) is 0. The molecule has 1 aromatic carbocycles. The molecule has 1 fully saturated rings. The van der Waals surface area contributed by atoms with Crippen LogP contribution in [0.5, 0.6) is 0 Å². The van der Waals surface area contributed by atoms with E-state index in [4.69, 9.17) is 0 Å². The highest BCUT2D eigenvalue weighted by Crippen LogP contribution is 2.33. The van der Waals surface area contributed by atoms with E-state index in [2.05, 4.69) is 15.2 Å². The predicted octanol–water partition coefficient (Wildman–Crippen LogP) is 3.22. The summed E-state index contributed by atoms with van der Waals surface area (Å²) in [5.41, 5.74) is 1.81. The van der Waals surface area contributed by atoms with Crippen LogP contribution in [0.1, 0.15) is 29.8 Å². The monoisotopic (exact) mass is 408 g/mol. The standard InChI is InChI=1S/C18H16F4N6O/c1-10-15(9-23-27(10)13-5-3-12(19)4-6-13)26-8-7-14(16(26)29)28-11(2)24-17(25-28)18(20,21)22/h3-6,9,14H,7-8H2,1-2H3. The Morgan fingerprint density at radius 3 is 2.45 bits per heavy atom. The Bertz CT molecular complexity index is 1070. The van der Waals surface area contributed by atoms with Crippen LogP contribution in [0.4, 0.5) is 23.2 Å². The van der Waals surface area contributed by atoms with Crippen molar-refractivity contribution in [3.8, 4) is 5.69 Å². The largest absolute Gasteiger partial charge is 0.453 e. The minimum Gasteiger partial charge on any atom is -0.307 e. The average molecular weight is 408 g/mol. The Hall–Kier alpha value is -3.24. The first-order valence-electron chi connectivity index (χ1n) is 8.79. The van der Waals surface area contributed by atoms with Gasteiger partial charge in [0.15, 0.2) is 0 Å². The number of aromatic nitrogens is 5. The van der Waals surface area contributed by atoms with Gasteiger partial charge in [0.25, 0.3) is 11.7 Å². The van der Waals surface area contributed by atoms with Gasteiger partial charge in [-0.2, -0.15) is 18.3 Å². The smallest absolute Gasteiger partial charge is 0.307 e. The number of alkyl halides is 3. The van der Waals surface area contributed by atoms with Crippen molar-refractivity contribution >= 4 is 11.6 Å². The molecule has 4 rings (SSSR count). The second kappa shape index (κ2) is 6.68. The fraction of sp³-hybridized carbons (Fsp3) is 0.333. The highest BCUT2D eigenvalue weighted by molar-refractivity contribution is 5.98. The minimum absolute atomic E-state index is 0.0243. The molecule has 3 aromatic rings. The second-order valence-corrected chi connectivity index (χ2v) is 6.72. The fourth-order valence-electron chi connectivity index (χ4n) is 3.46. The van der Waals surface area contributed by atoms with Gasteiger partial charge in [0.05, 0.1) is 23.3 Å². The van der Waals surface area contributed by atoms with Gasteiger partial charge in [-0.05, 0) is 44.5 Å². The molecule has 152 valence electrons. The first-order chi connectivity index (χ1) is 13.7. The van der Waals surface area contributed by atoms with Crippen molar-refractivity contribution < 1.29 is 22.4 Å². The number of nitrogens with zero attached hydrogens (tertiary/aromatic N) is 6. The summed E-state index contributed by atoms with van der Waals surface area (Å²) in [6.07, 6.45) is -2.87. The minimum atomic E-state index is -4.68. The van der Waals surface area contributed by atoms with Crippen LogP contribution < -0.4 is 4.90 Å². The van der Waals surface area contributed by atoms with Crippen molar-refractivity contribution in [2.75, 3.05) is 11.4 Å². The molecular weight excluding hydrogens is 392 g/mol. The highest BCUT2D eigenvalue weighted by atomic mass is 19.4. The third-order valence-electron chi connectivity index (χ3n) is 4.87. The molecule has 7 nitrogen and oxygen atoms in total. The van der Waals surface area contributed by atoms with E-state index >= 15 is 0 Å². The zero-order chi connectivity index (χ0) is 20.9. The van der Waals surface area contributed by atoms with Gasteiger partial charge >= 0.3 is 6.18 Å². The number of anilines is 1. The normalized spacial score (nSPS) is 17.4. The van der Waals surface area contributed by atoms with Crippen molar-refractivity contribution in [1.29, 1.82) is 0 Å². The lowest BCUT2D eigenvalue weighted by molar-refractivity contribution is -0.145. The Morgan fingerprint density at radius 2 is 1.83 bits per heavy atom. The lowest BCUT2D eigenvalue weighted by atomic mass is 10.2. The molecule has 1 atom stereocenters. The van der Waals surface area contributed by atoms with E-state index in [0.717, 1.165) is 4.68 Å². The summed E-state index contributed by atoms with van der Waals surface area (Å²) in [6.45, 7) is 3.45. The van der Waals surface area contributed by atoms with Gasteiger partial charge in [-0.3, -0.25) is 4.79 Å². The lowest BCUT2D eigenvalue weighted by Crippen LogP contribution is -2.29. The molecule has 0 saturated carbocycles. The maximum atomic E-state index is 13.2. The number of amides is 1. The van der Waals surface area contributed by atoms with Crippen molar-refractivity contribution in [3.63, 3.8) is 0 Å². The number of halogens is 4. The predicted molar refractivity (Wildman–Crippen MR) is 94.0 cm³/mol. The number of hydrogen-bond acceptors (Lipinski definition) is 4. The van der Waals surface area contributed by atoms with Crippen LogP contribution in [0, 0.1) is 19.7 Å². The Morgan fingerprint density at radius 1 is 1.14 bits per heavy atom. The molecule has 0 aliphatic carbocycles. The van der Waals surface area contributed by atoms with Gasteiger partial charge in [-0.1, -0.05) is 0 Å². The fourth-order valence-corrected chi connectivity index (χ4v) is 3.46. The van der Waals surface area contributed by atoms with E-state index in [9.17, 15) is 22.4 Å². The number of rotatable bonds is 3. The molecule has 0 spiro atoms. The Labute approximate surface area is 162 Å². The quantitative estimate of drug-likeness (QED) is 0.624. The van der Waals surface area contributed by atoms with E-state index in [1.807, 2.05) is 0 Å². The van der Waals surface area contributed by atoms with Crippen molar-refractivity contribution in [2.24, 2.45) is 0 Å². The molecule has 1 amide bonds. The SMILES string of the molecule is Cc1c(N2CCC(n3nc(C(F)(F)F)nc3C)C2=O)cnn1-c1ccc(F)cc1. The third-order valence-corrected chi connectivity index (χ3v) is 4.87. The van der Waals surface area contributed by atoms with E-state index in [-0.39, 0.29) is 17.5 Å². The van der Waals surface area contributed by atoms with Gasteiger partial charge in [0.1, 0.15) is 17.7 Å². The molecule has 0 radical (unpaired) electrons. The van der Waals surface area contributed by atoms with Crippen LogP contribution in [0.25, 0.3) is 5.69 Å². The molecule has 0 bridgehead atoms. The summed E-state index contributed by atoms with van der Waals surface area (Å²) in [6, 6.07) is 4.86. The Kier molecular flexibility index (Phi) is 4.39. The van der Waals surface area contributed by atoms with Gasteiger partial charge in [-0.15, -0.1) is 5.10 Å². The summed E-state index contributed by atoms with van der Waals surface area (Å²) < 4.78 is 54.4. The van der Waals surface area contributed by atoms with Crippen molar-refractivity contribution in [3.05, 3.63) is 53.6 Å². The molecule has 1 saturated heterocycles. The average Bonchev–Trinajstić information content (AvgIpc) is 3.32. The molecule has 3 heterocycles. The summed E-state index contributed by atoms with van der Waals surface area (Å²) in [4.78, 5) is 17.8. The van der Waals surface area contributed by atoms with E-state index in [0.29, 0.717) is 30.0 Å². The molecule has 2 aromatic heterocycles. The molecule has 1 aliphatic rings. The first-order valence-corrected chi connectivity index (χ1v) is 8.79. The van der Waals surface area contributed by atoms with Gasteiger partial charge < -0.3 is 4.90 Å². The first kappa shape index (κ1) is 19.1. The van der Waals surface area contributed by atoms with E-state index < -0.39 is 18.0 Å². The van der Waals surface area contributed by atoms with Gasteiger partial charge in [0.2, 0.25) is 0 Å².